The number of allylic oxidation sites excluding steroid dienone is 1. The maximum Gasteiger partial charge on any atom is 0.260 e. The molecule has 144 valence electrons. The van der Waals surface area contributed by atoms with Gasteiger partial charge in [0.25, 0.3) is 5.56 Å². The van der Waals surface area contributed by atoms with Crippen molar-refractivity contribution in [1.82, 2.24) is 9.97 Å². The summed E-state index contributed by atoms with van der Waals surface area (Å²) >= 11 is 1.43. The van der Waals surface area contributed by atoms with Crippen molar-refractivity contribution in [3.05, 3.63) is 44.3 Å². The normalized spacial score (nSPS) is 11.4. The molecule has 0 spiro atoms. The van der Waals surface area contributed by atoms with Gasteiger partial charge >= 0.3 is 0 Å². The molecule has 1 N–H and O–H groups in total. The first kappa shape index (κ1) is 19.5. The Bertz CT molecular complexity index is 1160. The molecule has 0 atom stereocenters. The van der Waals surface area contributed by atoms with E-state index in [0.29, 0.717) is 33.0 Å². The fraction of sp³-hybridized carbons (Fsp3) is 0.250. The van der Waals surface area contributed by atoms with E-state index in [-0.39, 0.29) is 17.0 Å². The lowest BCUT2D eigenvalue weighted by atomic mass is 10.1. The molecule has 0 aliphatic heterocycles. The largest absolute Gasteiger partial charge is 0.493 e. The summed E-state index contributed by atoms with van der Waals surface area (Å²) in [6.07, 6.45) is 1.61. The summed E-state index contributed by atoms with van der Waals surface area (Å²) in [4.78, 5) is 21.4. The molecule has 0 saturated carbocycles. The summed E-state index contributed by atoms with van der Waals surface area (Å²) in [5, 5.41) is 10.2. The van der Waals surface area contributed by atoms with Crippen LogP contribution in [-0.4, -0.2) is 31.3 Å². The summed E-state index contributed by atoms with van der Waals surface area (Å²) in [5.74, 6) is 1.60. The van der Waals surface area contributed by atoms with Gasteiger partial charge in [-0.15, -0.1) is 11.3 Å². The van der Waals surface area contributed by atoms with Gasteiger partial charge in [0.1, 0.15) is 10.9 Å². The predicted molar refractivity (Wildman–Crippen MR) is 109 cm³/mol. The lowest BCUT2D eigenvalue weighted by Crippen LogP contribution is -2.10. The van der Waals surface area contributed by atoms with E-state index in [1.165, 1.54) is 32.7 Å². The topological polar surface area (TPSA) is 97.2 Å². The molecule has 8 heteroatoms. The van der Waals surface area contributed by atoms with Gasteiger partial charge in [-0.2, -0.15) is 5.26 Å². The number of hydrogen-bond acceptors (Lipinski definition) is 7. The number of benzene rings is 1. The van der Waals surface area contributed by atoms with Gasteiger partial charge < -0.3 is 19.2 Å². The summed E-state index contributed by atoms with van der Waals surface area (Å²) in [6, 6.07) is 5.54. The van der Waals surface area contributed by atoms with Crippen LogP contribution in [0.15, 0.2) is 16.9 Å². The molecule has 2 aromatic heterocycles. The van der Waals surface area contributed by atoms with Gasteiger partial charge in [-0.25, -0.2) is 4.98 Å². The zero-order valence-electron chi connectivity index (χ0n) is 16.2. The number of rotatable bonds is 5. The number of aryl methyl sites for hydroxylation is 2. The lowest BCUT2D eigenvalue weighted by Gasteiger charge is -2.13. The molecule has 0 radical (unpaired) electrons. The molecular formula is C20H19N3O4S. The molecule has 2 heterocycles. The number of aromatic nitrogens is 2. The summed E-state index contributed by atoms with van der Waals surface area (Å²) in [5.41, 5.74) is 1.52. The van der Waals surface area contributed by atoms with E-state index in [0.717, 1.165) is 10.4 Å². The number of methoxy groups -OCH3 is 3. The maximum absolute atomic E-state index is 12.5. The average molecular weight is 397 g/mol. The van der Waals surface area contributed by atoms with Gasteiger partial charge in [0.2, 0.25) is 5.75 Å². The van der Waals surface area contributed by atoms with E-state index in [2.05, 4.69) is 16.0 Å². The summed E-state index contributed by atoms with van der Waals surface area (Å²) in [6.45, 7) is 3.83. The van der Waals surface area contributed by atoms with Gasteiger partial charge in [-0.05, 0) is 43.2 Å². The Morgan fingerprint density at radius 3 is 2.36 bits per heavy atom. The van der Waals surface area contributed by atoms with E-state index in [9.17, 15) is 10.1 Å². The molecular weight excluding hydrogens is 378 g/mol. The molecule has 0 amide bonds. The SMILES string of the molecule is COc1cc(/C=C(\C#N)c2nc3sc(C)c(C)c3c(=O)[nH]2)cc(OC)c1OC. The summed E-state index contributed by atoms with van der Waals surface area (Å²) < 4.78 is 16.0. The van der Waals surface area contributed by atoms with Crippen LogP contribution >= 0.6 is 11.3 Å². The van der Waals surface area contributed by atoms with Crippen molar-refractivity contribution in [2.45, 2.75) is 13.8 Å². The quantitative estimate of drug-likeness (QED) is 0.660. The van der Waals surface area contributed by atoms with Crippen LogP contribution in [0.2, 0.25) is 0 Å². The van der Waals surface area contributed by atoms with Crippen LogP contribution in [0, 0.1) is 25.2 Å². The van der Waals surface area contributed by atoms with E-state index in [1.54, 1.807) is 18.2 Å². The van der Waals surface area contributed by atoms with Crippen LogP contribution in [0.3, 0.4) is 0 Å². The minimum Gasteiger partial charge on any atom is -0.493 e. The Hall–Kier alpha value is -3.31. The first-order valence-electron chi connectivity index (χ1n) is 8.35. The number of nitrogens with one attached hydrogen (secondary N) is 1. The third kappa shape index (κ3) is 3.32. The van der Waals surface area contributed by atoms with Crippen molar-refractivity contribution in [2.75, 3.05) is 21.3 Å². The molecule has 3 rings (SSSR count). The van der Waals surface area contributed by atoms with Crippen molar-refractivity contribution in [2.24, 2.45) is 0 Å². The molecule has 7 nitrogen and oxygen atoms in total. The third-order valence-corrected chi connectivity index (χ3v) is 5.51. The zero-order chi connectivity index (χ0) is 20.4. The number of H-pyrrole nitrogens is 1. The van der Waals surface area contributed by atoms with Crippen molar-refractivity contribution in [3.8, 4) is 23.3 Å². The first-order valence-corrected chi connectivity index (χ1v) is 9.17. The number of nitriles is 1. The van der Waals surface area contributed by atoms with Gasteiger partial charge in [-0.1, -0.05) is 0 Å². The highest BCUT2D eigenvalue weighted by molar-refractivity contribution is 7.18. The highest BCUT2D eigenvalue weighted by atomic mass is 32.1. The van der Waals surface area contributed by atoms with Gasteiger partial charge in [0.15, 0.2) is 17.3 Å². The fourth-order valence-corrected chi connectivity index (χ4v) is 3.92. The van der Waals surface area contributed by atoms with E-state index < -0.39 is 0 Å². The molecule has 1 aromatic carbocycles. The second-order valence-electron chi connectivity index (χ2n) is 6.01. The van der Waals surface area contributed by atoms with Crippen molar-refractivity contribution >= 4 is 33.2 Å². The van der Waals surface area contributed by atoms with Crippen LogP contribution in [0.1, 0.15) is 21.8 Å². The number of fused-ring (bicyclic) bond motifs is 1. The molecule has 3 aromatic rings. The summed E-state index contributed by atoms with van der Waals surface area (Å²) in [7, 11) is 4.56. The number of hydrogen-bond donors (Lipinski definition) is 1. The molecule has 0 saturated heterocycles. The zero-order valence-corrected chi connectivity index (χ0v) is 17.0. The smallest absolute Gasteiger partial charge is 0.260 e. The Kier molecular flexibility index (Phi) is 5.38. The molecule has 0 fully saturated rings. The van der Waals surface area contributed by atoms with Gasteiger partial charge in [-0.3, -0.25) is 4.79 Å². The lowest BCUT2D eigenvalue weighted by molar-refractivity contribution is 0.324. The van der Waals surface area contributed by atoms with Gasteiger partial charge in [0, 0.05) is 4.88 Å². The number of nitrogens with zero attached hydrogens (tertiary/aromatic N) is 2. The van der Waals surface area contributed by atoms with Crippen LogP contribution in [0.4, 0.5) is 0 Å². The highest BCUT2D eigenvalue weighted by Crippen LogP contribution is 2.39. The number of aromatic amines is 1. The van der Waals surface area contributed by atoms with Crippen LogP contribution < -0.4 is 19.8 Å². The predicted octanol–water partition coefficient (Wildman–Crippen LogP) is 3.69. The Labute approximate surface area is 165 Å². The van der Waals surface area contributed by atoms with Crippen molar-refractivity contribution < 1.29 is 14.2 Å². The third-order valence-electron chi connectivity index (χ3n) is 4.41. The molecule has 0 aliphatic rings. The second-order valence-corrected chi connectivity index (χ2v) is 7.21. The minimum atomic E-state index is -0.257. The number of ether oxygens (including phenoxy) is 3. The van der Waals surface area contributed by atoms with Gasteiger partial charge in [0.05, 0.1) is 32.3 Å². The molecule has 28 heavy (non-hydrogen) atoms. The standard InChI is InChI=1S/C20H19N3O4S/c1-10-11(2)28-20-16(10)19(24)22-18(23-20)13(9-21)6-12-7-14(25-3)17(27-5)15(8-12)26-4/h6-8H,1-5H3,(H,22,23,24)/b13-6+. The van der Waals surface area contributed by atoms with Crippen LogP contribution in [0.5, 0.6) is 17.2 Å². The molecule has 0 bridgehead atoms. The van der Waals surface area contributed by atoms with E-state index >= 15 is 0 Å². The fourth-order valence-electron chi connectivity index (χ4n) is 2.89. The maximum atomic E-state index is 12.5. The van der Waals surface area contributed by atoms with Crippen LogP contribution in [-0.2, 0) is 0 Å². The Morgan fingerprint density at radius 2 is 1.82 bits per heavy atom. The second kappa shape index (κ2) is 7.74. The Morgan fingerprint density at radius 1 is 1.18 bits per heavy atom. The molecule has 0 unspecified atom stereocenters. The minimum absolute atomic E-state index is 0.218. The number of thiophene rings is 1. The first-order chi connectivity index (χ1) is 13.4. The monoisotopic (exact) mass is 397 g/mol. The van der Waals surface area contributed by atoms with Crippen LogP contribution in [0.25, 0.3) is 21.9 Å². The van der Waals surface area contributed by atoms with E-state index in [4.69, 9.17) is 14.2 Å². The van der Waals surface area contributed by atoms with E-state index in [1.807, 2.05) is 13.8 Å². The van der Waals surface area contributed by atoms with Crippen molar-refractivity contribution in [3.63, 3.8) is 0 Å². The van der Waals surface area contributed by atoms with Crippen molar-refractivity contribution in [1.29, 1.82) is 5.26 Å². The Balaban J connectivity index is 2.17. The molecule has 0 aliphatic carbocycles. The average Bonchev–Trinajstić information content (AvgIpc) is 2.99. The highest BCUT2D eigenvalue weighted by Gasteiger charge is 2.16.